The summed E-state index contributed by atoms with van der Waals surface area (Å²) in [5.41, 5.74) is 5.35. The second-order valence-electron chi connectivity index (χ2n) is 7.43. The lowest BCUT2D eigenvalue weighted by Gasteiger charge is -2.32. The lowest BCUT2D eigenvalue weighted by molar-refractivity contribution is -0.109. The van der Waals surface area contributed by atoms with Crippen molar-refractivity contribution in [3.8, 4) is 0 Å². The molecule has 1 amide bonds. The molecule has 0 aromatic heterocycles. The van der Waals surface area contributed by atoms with Gasteiger partial charge in [-0.05, 0) is 24.5 Å². The van der Waals surface area contributed by atoms with E-state index in [-0.39, 0.29) is 6.17 Å². The minimum Gasteiger partial charge on any atom is -0.373 e. The normalized spacial score (nSPS) is 15.8. The van der Waals surface area contributed by atoms with Crippen molar-refractivity contribution in [3.05, 3.63) is 95.1 Å². The highest BCUT2D eigenvalue weighted by atomic mass is 16.1. The molecule has 0 fully saturated rings. The Morgan fingerprint density at radius 1 is 1.21 bits per heavy atom. The predicted octanol–water partition coefficient (Wildman–Crippen LogP) is 3.87. The molecule has 2 aromatic carbocycles. The van der Waals surface area contributed by atoms with E-state index in [4.69, 9.17) is 0 Å². The van der Waals surface area contributed by atoms with E-state index in [1.807, 2.05) is 25.2 Å². The number of hydrogen-bond donors (Lipinski definition) is 2. The first-order valence-electron chi connectivity index (χ1n) is 10.0. The molecule has 0 saturated carbocycles. The van der Waals surface area contributed by atoms with Crippen molar-refractivity contribution in [3.63, 3.8) is 0 Å². The van der Waals surface area contributed by atoms with Crippen LogP contribution in [0.15, 0.2) is 78.4 Å². The fraction of sp³-hybridized carbons (Fsp3) is 0.292. The van der Waals surface area contributed by atoms with Crippen LogP contribution in [0.4, 0.5) is 0 Å². The molecule has 5 heteroatoms. The van der Waals surface area contributed by atoms with Gasteiger partial charge in [-0.3, -0.25) is 4.79 Å². The number of rotatable bonds is 9. The van der Waals surface area contributed by atoms with Gasteiger partial charge >= 0.3 is 0 Å². The standard InChI is InChI=1S/C24H30N4O/c1-5-15-27(4)19(3)22-23(25-17-29)26-24(21-13-11-18(2)12-14-21)28(22)16-20-9-7-6-8-10-20/h6-14,17,24,26H,3,5,15-16H2,1-2,4H3,(H,25,29). The lowest BCUT2D eigenvalue weighted by Crippen LogP contribution is -2.32. The second kappa shape index (κ2) is 9.32. The molecule has 152 valence electrons. The topological polar surface area (TPSA) is 47.6 Å². The van der Waals surface area contributed by atoms with E-state index in [0.29, 0.717) is 18.8 Å². The maximum Gasteiger partial charge on any atom is 0.212 e. The van der Waals surface area contributed by atoms with E-state index in [1.165, 1.54) is 11.1 Å². The summed E-state index contributed by atoms with van der Waals surface area (Å²) in [5.74, 6) is 0.689. The van der Waals surface area contributed by atoms with Crippen LogP contribution in [0.1, 0.15) is 36.2 Å². The molecule has 3 rings (SSSR count). The van der Waals surface area contributed by atoms with E-state index < -0.39 is 0 Å². The van der Waals surface area contributed by atoms with Crippen molar-refractivity contribution in [2.45, 2.75) is 33.0 Å². The molecule has 29 heavy (non-hydrogen) atoms. The largest absolute Gasteiger partial charge is 0.373 e. The minimum absolute atomic E-state index is 0.0972. The summed E-state index contributed by atoms with van der Waals surface area (Å²) in [6.07, 6.45) is 1.64. The van der Waals surface area contributed by atoms with Gasteiger partial charge in [0.1, 0.15) is 17.7 Å². The van der Waals surface area contributed by atoms with E-state index in [9.17, 15) is 4.79 Å². The van der Waals surface area contributed by atoms with E-state index in [0.717, 1.165) is 29.9 Å². The molecule has 5 nitrogen and oxygen atoms in total. The van der Waals surface area contributed by atoms with Crippen molar-refractivity contribution < 1.29 is 4.79 Å². The zero-order chi connectivity index (χ0) is 20.8. The summed E-state index contributed by atoms with van der Waals surface area (Å²) < 4.78 is 0. The zero-order valence-electron chi connectivity index (χ0n) is 17.5. The summed E-state index contributed by atoms with van der Waals surface area (Å²) >= 11 is 0. The second-order valence-corrected chi connectivity index (χ2v) is 7.43. The van der Waals surface area contributed by atoms with Crippen LogP contribution in [0.25, 0.3) is 0 Å². The number of likely N-dealkylation sites (N-methyl/N-ethyl adjacent to an activating group) is 1. The highest BCUT2D eigenvalue weighted by molar-refractivity contribution is 5.53. The number of carbonyl (C=O) groups excluding carboxylic acids is 1. The third-order valence-corrected chi connectivity index (χ3v) is 5.20. The quantitative estimate of drug-likeness (QED) is 0.638. The Bertz CT molecular complexity index is 874. The molecule has 0 bridgehead atoms. The molecule has 0 radical (unpaired) electrons. The van der Waals surface area contributed by atoms with Crippen molar-refractivity contribution in [1.82, 2.24) is 20.4 Å². The monoisotopic (exact) mass is 390 g/mol. The molecular formula is C24H30N4O. The Balaban J connectivity index is 2.03. The lowest BCUT2D eigenvalue weighted by atomic mass is 10.1. The number of aryl methyl sites for hydroxylation is 1. The first-order valence-corrected chi connectivity index (χ1v) is 10.0. The number of amides is 1. The molecular weight excluding hydrogens is 360 g/mol. The van der Waals surface area contributed by atoms with Gasteiger partial charge in [0.15, 0.2) is 0 Å². The number of nitrogens with zero attached hydrogens (tertiary/aromatic N) is 2. The van der Waals surface area contributed by atoms with Crippen molar-refractivity contribution in [2.24, 2.45) is 0 Å². The predicted molar refractivity (Wildman–Crippen MR) is 117 cm³/mol. The van der Waals surface area contributed by atoms with Crippen LogP contribution < -0.4 is 10.6 Å². The van der Waals surface area contributed by atoms with Crippen LogP contribution in [0, 0.1) is 6.92 Å². The summed E-state index contributed by atoms with van der Waals surface area (Å²) in [5, 5.41) is 6.36. The average molecular weight is 391 g/mol. The molecule has 0 saturated heterocycles. The number of hydrogen-bond acceptors (Lipinski definition) is 4. The van der Waals surface area contributed by atoms with Gasteiger partial charge in [0.2, 0.25) is 6.41 Å². The Morgan fingerprint density at radius 2 is 1.90 bits per heavy atom. The maximum atomic E-state index is 11.3. The molecule has 2 aromatic rings. The first kappa shape index (κ1) is 20.5. The molecule has 2 N–H and O–H groups in total. The minimum atomic E-state index is -0.0972. The Labute approximate surface area is 173 Å². The van der Waals surface area contributed by atoms with Gasteiger partial charge in [-0.2, -0.15) is 0 Å². The Kier molecular flexibility index (Phi) is 6.60. The van der Waals surface area contributed by atoms with Crippen LogP contribution in [-0.2, 0) is 11.3 Å². The van der Waals surface area contributed by atoms with E-state index in [2.05, 4.69) is 77.3 Å². The number of carbonyl (C=O) groups is 1. The maximum absolute atomic E-state index is 11.3. The zero-order valence-corrected chi connectivity index (χ0v) is 17.5. The molecule has 1 aliphatic heterocycles. The third kappa shape index (κ3) is 4.62. The summed E-state index contributed by atoms with van der Waals surface area (Å²) in [4.78, 5) is 15.7. The molecule has 1 unspecified atom stereocenters. The number of benzene rings is 2. The van der Waals surface area contributed by atoms with E-state index in [1.54, 1.807) is 0 Å². The van der Waals surface area contributed by atoms with Crippen molar-refractivity contribution >= 4 is 6.41 Å². The highest BCUT2D eigenvalue weighted by Crippen LogP contribution is 2.35. The smallest absolute Gasteiger partial charge is 0.212 e. The third-order valence-electron chi connectivity index (χ3n) is 5.20. The van der Waals surface area contributed by atoms with Crippen molar-refractivity contribution in [1.29, 1.82) is 0 Å². The SMILES string of the molecule is C=C(C1=C(NC=O)NC(c2ccc(C)cc2)N1Cc1ccccc1)N(C)CCC. The molecule has 1 atom stereocenters. The first-order chi connectivity index (χ1) is 14.0. The summed E-state index contributed by atoms with van der Waals surface area (Å²) in [6, 6.07) is 18.8. The fourth-order valence-corrected chi connectivity index (χ4v) is 3.65. The molecule has 0 aliphatic carbocycles. The van der Waals surface area contributed by atoms with Crippen LogP contribution in [0.3, 0.4) is 0 Å². The van der Waals surface area contributed by atoms with Gasteiger partial charge in [-0.25, -0.2) is 0 Å². The van der Waals surface area contributed by atoms with E-state index >= 15 is 0 Å². The van der Waals surface area contributed by atoms with Gasteiger partial charge in [0.25, 0.3) is 0 Å². The Morgan fingerprint density at radius 3 is 2.52 bits per heavy atom. The van der Waals surface area contributed by atoms with Crippen LogP contribution in [0.5, 0.6) is 0 Å². The van der Waals surface area contributed by atoms with Gasteiger partial charge in [-0.1, -0.05) is 73.7 Å². The van der Waals surface area contributed by atoms with Crippen LogP contribution >= 0.6 is 0 Å². The molecule has 1 aliphatic rings. The van der Waals surface area contributed by atoms with Gasteiger partial charge in [0.05, 0.1) is 5.70 Å². The average Bonchev–Trinajstić information content (AvgIpc) is 3.07. The number of nitrogens with one attached hydrogen (secondary N) is 2. The molecule has 1 heterocycles. The molecule has 0 spiro atoms. The highest BCUT2D eigenvalue weighted by Gasteiger charge is 2.34. The fourth-order valence-electron chi connectivity index (χ4n) is 3.65. The summed E-state index contributed by atoms with van der Waals surface area (Å²) in [6.45, 7) is 10.2. The van der Waals surface area contributed by atoms with Crippen LogP contribution in [-0.4, -0.2) is 29.8 Å². The Hall–Kier alpha value is -3.21. The van der Waals surface area contributed by atoms with Crippen LogP contribution in [0.2, 0.25) is 0 Å². The van der Waals surface area contributed by atoms with Crippen molar-refractivity contribution in [2.75, 3.05) is 13.6 Å². The summed E-state index contributed by atoms with van der Waals surface area (Å²) in [7, 11) is 2.04. The van der Waals surface area contributed by atoms with Gasteiger partial charge < -0.3 is 20.4 Å². The van der Waals surface area contributed by atoms with Gasteiger partial charge in [0, 0.05) is 20.1 Å². The van der Waals surface area contributed by atoms with Gasteiger partial charge in [-0.15, -0.1) is 0 Å².